The third-order valence-electron chi connectivity index (χ3n) is 4.14. The molecule has 0 bridgehead atoms. The summed E-state index contributed by atoms with van der Waals surface area (Å²) in [5.74, 6) is 1.93. The van der Waals surface area contributed by atoms with E-state index in [0.717, 1.165) is 45.0 Å². The van der Waals surface area contributed by atoms with E-state index in [1.807, 2.05) is 4.68 Å². The van der Waals surface area contributed by atoms with Gasteiger partial charge in [-0.25, -0.2) is 0 Å². The lowest BCUT2D eigenvalue weighted by Gasteiger charge is -2.37. The summed E-state index contributed by atoms with van der Waals surface area (Å²) in [6.45, 7) is 13.3. The first-order valence-corrected chi connectivity index (χ1v) is 8.12. The first-order chi connectivity index (χ1) is 10.0. The Bertz CT molecular complexity index is 455. The van der Waals surface area contributed by atoms with E-state index in [2.05, 4.69) is 50.1 Å². The minimum absolute atomic E-state index is 0.456. The van der Waals surface area contributed by atoms with E-state index in [4.69, 9.17) is 4.74 Å². The maximum atomic E-state index is 5.64. The predicted octanol–water partition coefficient (Wildman–Crippen LogP) is 2.09. The minimum Gasteiger partial charge on any atom is -0.377 e. The molecule has 0 saturated carbocycles. The Balaban J connectivity index is 2.20. The molecule has 1 fully saturated rings. The maximum absolute atomic E-state index is 5.64. The molecule has 0 radical (unpaired) electrons. The number of morpholine rings is 1. The third kappa shape index (κ3) is 3.77. The van der Waals surface area contributed by atoms with Crippen molar-refractivity contribution >= 4 is 5.82 Å². The maximum Gasteiger partial charge on any atom is 0.131 e. The van der Waals surface area contributed by atoms with Gasteiger partial charge in [-0.3, -0.25) is 4.68 Å². The fourth-order valence-electron chi connectivity index (χ4n) is 3.01. The van der Waals surface area contributed by atoms with Gasteiger partial charge in [-0.05, 0) is 25.8 Å². The smallest absolute Gasteiger partial charge is 0.131 e. The second-order valence-corrected chi connectivity index (χ2v) is 6.37. The van der Waals surface area contributed by atoms with Gasteiger partial charge in [0.2, 0.25) is 0 Å². The zero-order valence-electron chi connectivity index (χ0n) is 14.1. The molecule has 1 aliphatic heterocycles. The van der Waals surface area contributed by atoms with Gasteiger partial charge in [0.25, 0.3) is 0 Å². The molecule has 1 aromatic rings. The first-order valence-electron chi connectivity index (χ1n) is 8.12. The standard InChI is InChI=1S/C16H30N4O/c1-6-14-11-21-8-7-20(14)16-15(10-17-9-12(2)3)13(4)18-19(16)5/h12,14,17H,6-11H2,1-5H3. The number of anilines is 1. The highest BCUT2D eigenvalue weighted by atomic mass is 16.5. The van der Waals surface area contributed by atoms with E-state index in [1.54, 1.807) is 0 Å². The molecule has 1 aromatic heterocycles. The Morgan fingerprint density at radius 3 is 2.86 bits per heavy atom. The zero-order valence-corrected chi connectivity index (χ0v) is 14.1. The van der Waals surface area contributed by atoms with Gasteiger partial charge in [-0.2, -0.15) is 5.10 Å². The molecule has 1 saturated heterocycles. The average molecular weight is 294 g/mol. The first kappa shape index (κ1) is 16.3. The normalized spacial score (nSPS) is 19.5. The van der Waals surface area contributed by atoms with Crippen LogP contribution in [0.5, 0.6) is 0 Å². The number of rotatable bonds is 6. The van der Waals surface area contributed by atoms with Gasteiger partial charge >= 0.3 is 0 Å². The molecule has 0 amide bonds. The Kier molecular flexibility index (Phi) is 5.65. The number of nitrogens with zero attached hydrogens (tertiary/aromatic N) is 3. The minimum atomic E-state index is 0.456. The second kappa shape index (κ2) is 7.27. The van der Waals surface area contributed by atoms with Crippen LogP contribution >= 0.6 is 0 Å². The van der Waals surface area contributed by atoms with Gasteiger partial charge in [0.05, 0.1) is 24.9 Å². The van der Waals surface area contributed by atoms with E-state index in [1.165, 1.54) is 11.4 Å². The molecule has 1 aliphatic rings. The molecule has 5 heteroatoms. The summed E-state index contributed by atoms with van der Waals surface area (Å²) in [5, 5.41) is 8.20. The molecule has 2 heterocycles. The number of aryl methyl sites for hydroxylation is 2. The molecule has 0 aliphatic carbocycles. The molecular weight excluding hydrogens is 264 g/mol. The van der Waals surface area contributed by atoms with E-state index in [9.17, 15) is 0 Å². The molecule has 1 unspecified atom stereocenters. The quantitative estimate of drug-likeness (QED) is 0.872. The molecule has 1 N–H and O–H groups in total. The highest BCUT2D eigenvalue weighted by Gasteiger charge is 2.27. The summed E-state index contributed by atoms with van der Waals surface area (Å²) < 4.78 is 7.67. The van der Waals surface area contributed by atoms with Crippen molar-refractivity contribution in [2.24, 2.45) is 13.0 Å². The lowest BCUT2D eigenvalue weighted by molar-refractivity contribution is 0.0920. The number of hydrogen-bond donors (Lipinski definition) is 1. The number of nitrogens with one attached hydrogen (secondary N) is 1. The topological polar surface area (TPSA) is 42.3 Å². The van der Waals surface area contributed by atoms with Crippen LogP contribution in [-0.4, -0.2) is 42.1 Å². The van der Waals surface area contributed by atoms with Crippen molar-refractivity contribution in [1.29, 1.82) is 0 Å². The fourth-order valence-corrected chi connectivity index (χ4v) is 3.01. The van der Waals surface area contributed by atoms with Gasteiger partial charge < -0.3 is 15.0 Å². The third-order valence-corrected chi connectivity index (χ3v) is 4.14. The predicted molar refractivity (Wildman–Crippen MR) is 86.7 cm³/mol. The Morgan fingerprint density at radius 1 is 1.43 bits per heavy atom. The lowest BCUT2D eigenvalue weighted by Crippen LogP contribution is -2.46. The molecular formula is C16H30N4O. The summed E-state index contributed by atoms with van der Waals surface area (Å²) in [6, 6.07) is 0.456. The van der Waals surface area contributed by atoms with Gasteiger partial charge in [0, 0.05) is 25.7 Å². The van der Waals surface area contributed by atoms with Crippen molar-refractivity contribution in [3.05, 3.63) is 11.3 Å². The van der Waals surface area contributed by atoms with Crippen LogP contribution in [0.1, 0.15) is 38.4 Å². The van der Waals surface area contributed by atoms with Gasteiger partial charge in [-0.15, -0.1) is 0 Å². The summed E-state index contributed by atoms with van der Waals surface area (Å²) in [5.41, 5.74) is 2.46. The second-order valence-electron chi connectivity index (χ2n) is 6.37. The number of aromatic nitrogens is 2. The van der Waals surface area contributed by atoms with Crippen molar-refractivity contribution in [3.8, 4) is 0 Å². The van der Waals surface area contributed by atoms with Gasteiger partial charge in [0.1, 0.15) is 5.82 Å². The van der Waals surface area contributed by atoms with Crippen molar-refractivity contribution in [2.75, 3.05) is 31.2 Å². The monoisotopic (exact) mass is 294 g/mol. The summed E-state index contributed by atoms with van der Waals surface area (Å²) in [7, 11) is 2.05. The molecule has 1 atom stereocenters. The van der Waals surface area contributed by atoms with Crippen LogP contribution in [-0.2, 0) is 18.3 Å². The zero-order chi connectivity index (χ0) is 15.4. The Labute approximate surface area is 128 Å². The highest BCUT2D eigenvalue weighted by Crippen LogP contribution is 2.27. The largest absolute Gasteiger partial charge is 0.377 e. The van der Waals surface area contributed by atoms with Crippen molar-refractivity contribution in [1.82, 2.24) is 15.1 Å². The molecule has 5 nitrogen and oxygen atoms in total. The van der Waals surface area contributed by atoms with E-state index < -0.39 is 0 Å². The average Bonchev–Trinajstić information content (AvgIpc) is 2.73. The van der Waals surface area contributed by atoms with Crippen LogP contribution in [0, 0.1) is 12.8 Å². The van der Waals surface area contributed by atoms with Crippen LogP contribution in [0.3, 0.4) is 0 Å². The van der Waals surface area contributed by atoms with Crippen LogP contribution in [0.4, 0.5) is 5.82 Å². The number of hydrogen-bond acceptors (Lipinski definition) is 4. The molecule has 120 valence electrons. The highest BCUT2D eigenvalue weighted by molar-refractivity contribution is 5.51. The SMILES string of the molecule is CCC1COCCN1c1c(CNCC(C)C)c(C)nn1C. The van der Waals surface area contributed by atoms with Crippen LogP contribution in [0.15, 0.2) is 0 Å². The van der Waals surface area contributed by atoms with E-state index in [0.29, 0.717) is 12.0 Å². The summed E-state index contributed by atoms with van der Waals surface area (Å²) in [4.78, 5) is 2.48. The van der Waals surface area contributed by atoms with Crippen molar-refractivity contribution in [2.45, 2.75) is 46.7 Å². The summed E-state index contributed by atoms with van der Waals surface area (Å²) >= 11 is 0. The lowest BCUT2D eigenvalue weighted by atomic mass is 10.1. The van der Waals surface area contributed by atoms with Crippen LogP contribution < -0.4 is 10.2 Å². The van der Waals surface area contributed by atoms with Crippen molar-refractivity contribution < 1.29 is 4.74 Å². The Hall–Kier alpha value is -1.07. The Morgan fingerprint density at radius 2 is 2.19 bits per heavy atom. The van der Waals surface area contributed by atoms with Crippen LogP contribution in [0.25, 0.3) is 0 Å². The van der Waals surface area contributed by atoms with E-state index >= 15 is 0 Å². The van der Waals surface area contributed by atoms with Crippen LogP contribution in [0.2, 0.25) is 0 Å². The molecule has 21 heavy (non-hydrogen) atoms. The fraction of sp³-hybridized carbons (Fsp3) is 0.812. The summed E-state index contributed by atoms with van der Waals surface area (Å²) in [6.07, 6.45) is 1.10. The molecule has 2 rings (SSSR count). The molecule has 0 spiro atoms. The van der Waals surface area contributed by atoms with Gasteiger partial charge in [-0.1, -0.05) is 20.8 Å². The number of ether oxygens (including phenoxy) is 1. The van der Waals surface area contributed by atoms with Crippen molar-refractivity contribution in [3.63, 3.8) is 0 Å². The molecule has 0 aromatic carbocycles. The van der Waals surface area contributed by atoms with E-state index in [-0.39, 0.29) is 0 Å². The van der Waals surface area contributed by atoms with Gasteiger partial charge in [0.15, 0.2) is 0 Å².